The molecule has 2 aromatic carbocycles. The predicted octanol–water partition coefficient (Wildman–Crippen LogP) is 4.14. The summed E-state index contributed by atoms with van der Waals surface area (Å²) in [7, 11) is -3.75. The van der Waals surface area contributed by atoms with Crippen LogP contribution in [0.5, 0.6) is 0 Å². The summed E-state index contributed by atoms with van der Waals surface area (Å²) in [6.07, 6.45) is 1.86. The topological polar surface area (TPSA) is 66.3 Å². The highest BCUT2D eigenvalue weighted by Gasteiger charge is 2.17. The van der Waals surface area contributed by atoms with E-state index in [4.69, 9.17) is 6.57 Å². The van der Waals surface area contributed by atoms with Gasteiger partial charge in [0.15, 0.2) is 5.69 Å². The van der Waals surface area contributed by atoms with Crippen LogP contribution in [-0.4, -0.2) is 13.4 Å². The number of H-pyrrole nitrogens is 1. The zero-order valence-electron chi connectivity index (χ0n) is 12.7. The van der Waals surface area contributed by atoms with E-state index >= 15 is 0 Å². The molecule has 0 amide bonds. The maximum absolute atomic E-state index is 12.6. The Kier molecular flexibility index (Phi) is 3.58. The standard InChI is InChI=1S/C17H15N3O2S/c1-11-7-8-15(17-16(11)12(2)10-19-17)20-23(21,22)14-6-4-5-13(9-14)18-3/h4-10,19-20H,1-2H3. The summed E-state index contributed by atoms with van der Waals surface area (Å²) in [5.41, 5.74) is 3.68. The Hall–Kier alpha value is -2.78. The van der Waals surface area contributed by atoms with Crippen molar-refractivity contribution in [3.05, 3.63) is 65.1 Å². The van der Waals surface area contributed by atoms with Crippen molar-refractivity contribution in [2.75, 3.05) is 4.72 Å². The van der Waals surface area contributed by atoms with Crippen molar-refractivity contribution in [2.45, 2.75) is 18.7 Å². The van der Waals surface area contributed by atoms with Gasteiger partial charge in [0, 0.05) is 11.6 Å². The molecule has 0 aliphatic rings. The molecule has 0 unspecified atom stereocenters. The van der Waals surface area contributed by atoms with Crippen LogP contribution in [0.25, 0.3) is 15.7 Å². The minimum absolute atomic E-state index is 0.0722. The van der Waals surface area contributed by atoms with E-state index in [0.717, 1.165) is 22.0 Å². The summed E-state index contributed by atoms with van der Waals surface area (Å²) < 4.78 is 27.8. The van der Waals surface area contributed by atoms with Gasteiger partial charge in [0.2, 0.25) is 0 Å². The van der Waals surface area contributed by atoms with Gasteiger partial charge in [-0.3, -0.25) is 4.72 Å². The first-order valence-electron chi connectivity index (χ1n) is 7.00. The van der Waals surface area contributed by atoms with Crippen LogP contribution >= 0.6 is 0 Å². The normalized spacial score (nSPS) is 11.3. The molecule has 0 atom stereocenters. The average molecular weight is 325 g/mol. The number of hydrogen-bond donors (Lipinski definition) is 2. The molecular formula is C17H15N3O2S. The smallest absolute Gasteiger partial charge is 0.260 e. The van der Waals surface area contributed by atoms with Crippen molar-refractivity contribution in [2.24, 2.45) is 0 Å². The van der Waals surface area contributed by atoms with Gasteiger partial charge in [0.05, 0.1) is 22.7 Å². The van der Waals surface area contributed by atoms with Crippen LogP contribution in [0.4, 0.5) is 11.4 Å². The zero-order valence-corrected chi connectivity index (χ0v) is 13.5. The minimum Gasteiger partial charge on any atom is -0.359 e. The Balaban J connectivity index is 2.08. The number of rotatable bonds is 3. The fourth-order valence-corrected chi connectivity index (χ4v) is 3.74. The lowest BCUT2D eigenvalue weighted by molar-refractivity contribution is 0.601. The van der Waals surface area contributed by atoms with E-state index in [0.29, 0.717) is 5.69 Å². The van der Waals surface area contributed by atoms with Crippen LogP contribution in [-0.2, 0) is 10.0 Å². The molecule has 1 aromatic heterocycles. The Labute approximate surface area is 134 Å². The third kappa shape index (κ3) is 2.67. The third-order valence-electron chi connectivity index (χ3n) is 3.74. The Bertz CT molecular complexity index is 1040. The van der Waals surface area contributed by atoms with E-state index in [2.05, 4.69) is 14.6 Å². The van der Waals surface area contributed by atoms with Crippen LogP contribution < -0.4 is 4.72 Å². The molecule has 0 radical (unpaired) electrons. The van der Waals surface area contributed by atoms with Crippen LogP contribution in [0.2, 0.25) is 0 Å². The second-order valence-corrected chi connectivity index (χ2v) is 7.05. The lowest BCUT2D eigenvalue weighted by Crippen LogP contribution is -2.13. The molecule has 5 nitrogen and oxygen atoms in total. The summed E-state index contributed by atoms with van der Waals surface area (Å²) in [6.45, 7) is 11.0. The van der Waals surface area contributed by atoms with E-state index in [-0.39, 0.29) is 10.6 Å². The van der Waals surface area contributed by atoms with Crippen molar-refractivity contribution in [3.8, 4) is 0 Å². The van der Waals surface area contributed by atoms with Gasteiger partial charge in [0.25, 0.3) is 10.0 Å². The van der Waals surface area contributed by atoms with E-state index < -0.39 is 10.0 Å². The zero-order chi connectivity index (χ0) is 16.6. The molecule has 1 heterocycles. The lowest BCUT2D eigenvalue weighted by Gasteiger charge is -2.11. The van der Waals surface area contributed by atoms with Gasteiger partial charge in [-0.05, 0) is 43.2 Å². The number of sulfonamides is 1. The van der Waals surface area contributed by atoms with Gasteiger partial charge < -0.3 is 4.98 Å². The molecule has 3 rings (SSSR count). The number of nitrogens with zero attached hydrogens (tertiary/aromatic N) is 1. The van der Waals surface area contributed by atoms with Crippen molar-refractivity contribution in [1.29, 1.82) is 0 Å². The van der Waals surface area contributed by atoms with Crippen molar-refractivity contribution in [1.82, 2.24) is 4.98 Å². The summed E-state index contributed by atoms with van der Waals surface area (Å²) in [5.74, 6) is 0. The molecular weight excluding hydrogens is 310 g/mol. The van der Waals surface area contributed by atoms with Crippen LogP contribution in [0.15, 0.2) is 47.5 Å². The molecule has 0 aliphatic carbocycles. The molecule has 23 heavy (non-hydrogen) atoms. The second kappa shape index (κ2) is 5.45. The van der Waals surface area contributed by atoms with Crippen LogP contribution in [0.3, 0.4) is 0 Å². The first-order valence-corrected chi connectivity index (χ1v) is 8.48. The van der Waals surface area contributed by atoms with E-state index in [1.54, 1.807) is 18.2 Å². The van der Waals surface area contributed by atoms with Gasteiger partial charge in [-0.25, -0.2) is 13.3 Å². The number of aromatic nitrogens is 1. The third-order valence-corrected chi connectivity index (χ3v) is 5.11. The molecule has 0 bridgehead atoms. The number of aromatic amines is 1. The molecule has 2 N–H and O–H groups in total. The molecule has 0 saturated carbocycles. The highest BCUT2D eigenvalue weighted by molar-refractivity contribution is 7.92. The Morgan fingerprint density at radius 3 is 2.65 bits per heavy atom. The molecule has 0 fully saturated rings. The molecule has 3 aromatic rings. The first-order chi connectivity index (χ1) is 10.9. The Morgan fingerprint density at radius 1 is 1.13 bits per heavy atom. The number of anilines is 1. The predicted molar refractivity (Wildman–Crippen MR) is 91.3 cm³/mol. The SMILES string of the molecule is [C-]#[N+]c1cccc(S(=O)(=O)Nc2ccc(C)c3c(C)c[nH]c23)c1. The fourth-order valence-electron chi connectivity index (χ4n) is 2.63. The average Bonchev–Trinajstić information content (AvgIpc) is 2.93. The van der Waals surface area contributed by atoms with Crippen LogP contribution in [0.1, 0.15) is 11.1 Å². The minimum atomic E-state index is -3.75. The fraction of sp³-hybridized carbons (Fsp3) is 0.118. The van der Waals surface area contributed by atoms with E-state index in [1.807, 2.05) is 26.1 Å². The summed E-state index contributed by atoms with van der Waals surface area (Å²) in [4.78, 5) is 6.46. The molecule has 0 saturated heterocycles. The maximum Gasteiger partial charge on any atom is 0.260 e. The highest BCUT2D eigenvalue weighted by atomic mass is 32.2. The summed E-state index contributed by atoms with van der Waals surface area (Å²) >= 11 is 0. The van der Waals surface area contributed by atoms with Crippen molar-refractivity contribution >= 4 is 32.3 Å². The molecule has 0 aliphatic heterocycles. The molecule has 116 valence electrons. The maximum atomic E-state index is 12.6. The number of hydrogen-bond acceptors (Lipinski definition) is 2. The summed E-state index contributed by atoms with van der Waals surface area (Å²) in [6, 6.07) is 9.60. The monoisotopic (exact) mass is 325 g/mol. The number of benzene rings is 2. The summed E-state index contributed by atoms with van der Waals surface area (Å²) in [5, 5.41) is 1.01. The largest absolute Gasteiger partial charge is 0.359 e. The van der Waals surface area contributed by atoms with Crippen molar-refractivity contribution < 1.29 is 8.42 Å². The molecule has 0 spiro atoms. The van der Waals surface area contributed by atoms with E-state index in [9.17, 15) is 8.42 Å². The highest BCUT2D eigenvalue weighted by Crippen LogP contribution is 2.30. The van der Waals surface area contributed by atoms with Gasteiger partial charge >= 0.3 is 0 Å². The van der Waals surface area contributed by atoms with Gasteiger partial charge in [-0.15, -0.1) is 0 Å². The van der Waals surface area contributed by atoms with Gasteiger partial charge in [-0.1, -0.05) is 18.2 Å². The number of aryl methyl sites for hydroxylation is 2. The second-order valence-electron chi connectivity index (χ2n) is 5.37. The molecule has 6 heteroatoms. The van der Waals surface area contributed by atoms with E-state index in [1.165, 1.54) is 12.1 Å². The van der Waals surface area contributed by atoms with Gasteiger partial charge in [-0.2, -0.15) is 0 Å². The quantitative estimate of drug-likeness (QED) is 0.711. The number of fused-ring (bicyclic) bond motifs is 1. The van der Waals surface area contributed by atoms with Crippen molar-refractivity contribution in [3.63, 3.8) is 0 Å². The Morgan fingerprint density at radius 2 is 1.91 bits per heavy atom. The van der Waals surface area contributed by atoms with Crippen LogP contribution in [0, 0.1) is 20.4 Å². The lowest BCUT2D eigenvalue weighted by atomic mass is 10.1. The number of nitrogens with one attached hydrogen (secondary N) is 2. The van der Waals surface area contributed by atoms with Gasteiger partial charge in [0.1, 0.15) is 0 Å². The first kappa shape index (κ1) is 15.1.